The lowest BCUT2D eigenvalue weighted by atomic mass is 9.85. The van der Waals surface area contributed by atoms with E-state index in [1.54, 1.807) is 19.2 Å². The minimum absolute atomic E-state index is 0.133. The summed E-state index contributed by atoms with van der Waals surface area (Å²) < 4.78 is 5.43. The second-order valence-electron chi connectivity index (χ2n) is 8.20. The summed E-state index contributed by atoms with van der Waals surface area (Å²) in [7, 11) is 0.447. The molecule has 0 unspecified atom stereocenters. The molecule has 3 rings (SSSR count). The molecule has 0 aromatic heterocycles. The second-order valence-corrected chi connectivity index (χ2v) is 13.7. The molecule has 2 aromatic carbocycles. The normalized spacial score (nSPS) is 19.4. The number of methoxy groups -OCH3 is 1. The Bertz CT molecular complexity index is 800. The molecule has 1 heterocycles. The number of hydrogen-bond acceptors (Lipinski definition) is 4. The molecule has 0 aliphatic carbocycles. The van der Waals surface area contributed by atoms with E-state index in [1.807, 2.05) is 18.2 Å². The van der Waals surface area contributed by atoms with Gasteiger partial charge in [0.25, 0.3) is 5.69 Å². The van der Waals surface area contributed by atoms with Crippen LogP contribution < -0.4 is 10.1 Å². The predicted molar refractivity (Wildman–Crippen MR) is 108 cm³/mol. The van der Waals surface area contributed by atoms with Gasteiger partial charge in [0, 0.05) is 25.9 Å². The fourth-order valence-corrected chi connectivity index (χ4v) is 5.64. The molecule has 1 aliphatic rings. The molecule has 0 radical (unpaired) electrons. The molecule has 0 spiro atoms. The molecule has 6 heteroatoms. The number of nitrogens with zero attached hydrogens (tertiary/aromatic N) is 1. The summed E-state index contributed by atoms with van der Waals surface area (Å²) in [6.07, 6.45) is 0.988. The quantitative estimate of drug-likeness (QED) is 0.424. The first-order valence-electron chi connectivity index (χ1n) is 8.95. The number of non-ortho nitro benzene ring substituents is 1. The number of fused-ring (bicyclic) bond motifs is 1. The van der Waals surface area contributed by atoms with Crippen molar-refractivity contribution in [2.75, 3.05) is 12.4 Å². The van der Waals surface area contributed by atoms with E-state index in [1.165, 1.54) is 11.6 Å². The molecule has 0 amide bonds. The molecule has 1 aliphatic heterocycles. The van der Waals surface area contributed by atoms with Crippen molar-refractivity contribution in [3.63, 3.8) is 0 Å². The lowest BCUT2D eigenvalue weighted by Crippen LogP contribution is -2.28. The van der Waals surface area contributed by atoms with Crippen LogP contribution in [0.15, 0.2) is 42.5 Å². The highest BCUT2D eigenvalue weighted by Gasteiger charge is 2.31. The van der Waals surface area contributed by atoms with E-state index in [9.17, 15) is 10.1 Å². The Labute approximate surface area is 155 Å². The maximum atomic E-state index is 10.9. The monoisotopic (exact) mass is 370 g/mol. The van der Waals surface area contributed by atoms with Crippen molar-refractivity contribution in [3.8, 4) is 5.75 Å². The van der Waals surface area contributed by atoms with Crippen molar-refractivity contribution in [2.24, 2.45) is 0 Å². The zero-order valence-electron chi connectivity index (χ0n) is 15.8. The van der Waals surface area contributed by atoms with Gasteiger partial charge in [-0.2, -0.15) is 0 Å². The Kier molecular flexibility index (Phi) is 5.05. The third-order valence-electron chi connectivity index (χ3n) is 4.91. The van der Waals surface area contributed by atoms with Gasteiger partial charge in [-0.25, -0.2) is 0 Å². The van der Waals surface area contributed by atoms with Crippen LogP contribution in [0.5, 0.6) is 5.75 Å². The summed E-state index contributed by atoms with van der Waals surface area (Å²) in [6, 6.07) is 14.5. The Morgan fingerprint density at radius 1 is 1.19 bits per heavy atom. The summed E-state index contributed by atoms with van der Waals surface area (Å²) >= 11 is 0. The zero-order valence-corrected chi connectivity index (χ0v) is 16.8. The standard InChI is InChI=1S/C20H26N2O3Si/c1-25-17-9-10-19-18(12-17)15(13-26(2,3)4)11-20(21-19)14-5-7-16(8-6-14)22(23)24/h5-10,12,15,20-21H,11,13H2,1-4H3/t15-,20+/m1/s1. The Balaban J connectivity index is 1.93. The van der Waals surface area contributed by atoms with Gasteiger partial charge in [-0.05, 0) is 41.7 Å². The molecule has 2 atom stereocenters. The first kappa shape index (κ1) is 18.4. The number of rotatable bonds is 5. The highest BCUT2D eigenvalue weighted by molar-refractivity contribution is 6.76. The summed E-state index contributed by atoms with van der Waals surface area (Å²) in [6.45, 7) is 7.20. The number of benzene rings is 2. The van der Waals surface area contributed by atoms with Gasteiger partial charge in [0.05, 0.1) is 18.1 Å². The van der Waals surface area contributed by atoms with Crippen LogP contribution in [0.3, 0.4) is 0 Å². The predicted octanol–water partition coefficient (Wildman–Crippen LogP) is 5.58. The number of ether oxygens (including phenoxy) is 1. The van der Waals surface area contributed by atoms with E-state index >= 15 is 0 Å². The van der Waals surface area contributed by atoms with E-state index < -0.39 is 8.07 Å². The number of hydrogen-bond donors (Lipinski definition) is 1. The molecule has 0 fully saturated rings. The van der Waals surface area contributed by atoms with Crippen LogP contribution in [0.25, 0.3) is 0 Å². The van der Waals surface area contributed by atoms with Crippen molar-refractivity contribution in [2.45, 2.75) is 44.1 Å². The van der Waals surface area contributed by atoms with Gasteiger partial charge >= 0.3 is 0 Å². The Morgan fingerprint density at radius 2 is 1.88 bits per heavy atom. The third-order valence-corrected chi connectivity index (χ3v) is 6.63. The van der Waals surface area contributed by atoms with Crippen LogP contribution in [-0.2, 0) is 0 Å². The second kappa shape index (κ2) is 7.11. The van der Waals surface area contributed by atoms with Crippen molar-refractivity contribution in [1.29, 1.82) is 0 Å². The summed E-state index contributed by atoms with van der Waals surface area (Å²) in [5, 5.41) is 14.5. The van der Waals surface area contributed by atoms with Gasteiger partial charge in [-0.1, -0.05) is 37.8 Å². The number of anilines is 1. The van der Waals surface area contributed by atoms with Gasteiger partial charge in [0.2, 0.25) is 0 Å². The van der Waals surface area contributed by atoms with Crippen LogP contribution in [-0.4, -0.2) is 20.1 Å². The summed E-state index contributed by atoms with van der Waals surface area (Å²) in [4.78, 5) is 10.6. The van der Waals surface area contributed by atoms with E-state index in [-0.39, 0.29) is 16.7 Å². The number of nitrogens with one attached hydrogen (secondary N) is 1. The Hall–Kier alpha value is -2.34. The molecular weight excluding hydrogens is 344 g/mol. The molecule has 2 aromatic rings. The van der Waals surface area contributed by atoms with Gasteiger partial charge in [0.1, 0.15) is 5.75 Å². The molecule has 138 valence electrons. The highest BCUT2D eigenvalue weighted by Crippen LogP contribution is 2.45. The molecule has 5 nitrogen and oxygen atoms in total. The minimum Gasteiger partial charge on any atom is -0.497 e. The molecule has 1 N–H and O–H groups in total. The Morgan fingerprint density at radius 3 is 2.46 bits per heavy atom. The lowest BCUT2D eigenvalue weighted by molar-refractivity contribution is -0.384. The molecule has 0 saturated heterocycles. The van der Waals surface area contributed by atoms with Crippen LogP contribution in [0.1, 0.15) is 29.5 Å². The third kappa shape index (κ3) is 4.07. The van der Waals surface area contributed by atoms with E-state index in [2.05, 4.69) is 37.1 Å². The van der Waals surface area contributed by atoms with Crippen LogP contribution in [0.4, 0.5) is 11.4 Å². The topological polar surface area (TPSA) is 64.4 Å². The smallest absolute Gasteiger partial charge is 0.269 e. The van der Waals surface area contributed by atoms with Crippen molar-refractivity contribution in [3.05, 3.63) is 63.7 Å². The average Bonchev–Trinajstić information content (AvgIpc) is 2.60. The fraction of sp³-hybridized carbons (Fsp3) is 0.400. The fourth-order valence-electron chi connectivity index (χ4n) is 3.78. The van der Waals surface area contributed by atoms with Crippen LogP contribution >= 0.6 is 0 Å². The van der Waals surface area contributed by atoms with Crippen molar-refractivity contribution >= 4 is 19.4 Å². The van der Waals surface area contributed by atoms with Gasteiger partial charge in [-0.3, -0.25) is 10.1 Å². The zero-order chi connectivity index (χ0) is 18.9. The maximum absolute atomic E-state index is 10.9. The van der Waals surface area contributed by atoms with Crippen molar-refractivity contribution in [1.82, 2.24) is 0 Å². The lowest BCUT2D eigenvalue weighted by Gasteiger charge is -2.36. The van der Waals surface area contributed by atoms with E-state index in [0.29, 0.717) is 5.92 Å². The first-order chi connectivity index (χ1) is 12.3. The first-order valence-corrected chi connectivity index (χ1v) is 12.7. The summed E-state index contributed by atoms with van der Waals surface area (Å²) in [5.74, 6) is 1.35. The molecule has 0 bridgehead atoms. The van der Waals surface area contributed by atoms with Crippen LogP contribution in [0, 0.1) is 10.1 Å². The van der Waals surface area contributed by atoms with Gasteiger partial charge in [-0.15, -0.1) is 0 Å². The molecular formula is C20H26N2O3Si. The number of nitro benzene ring substituents is 1. The van der Waals surface area contributed by atoms with Crippen LogP contribution in [0.2, 0.25) is 25.7 Å². The van der Waals surface area contributed by atoms with Gasteiger partial charge < -0.3 is 10.1 Å². The number of nitro groups is 1. The maximum Gasteiger partial charge on any atom is 0.269 e. The summed E-state index contributed by atoms with van der Waals surface area (Å²) in [5.41, 5.74) is 3.69. The van der Waals surface area contributed by atoms with E-state index in [0.717, 1.165) is 23.4 Å². The SMILES string of the molecule is COc1ccc2c(c1)[C@@H](C[Si](C)(C)C)C[C@@H](c1ccc([N+](=O)[O-])cc1)N2. The van der Waals surface area contributed by atoms with E-state index in [4.69, 9.17) is 4.74 Å². The molecule has 26 heavy (non-hydrogen) atoms. The minimum atomic E-state index is -1.25. The van der Waals surface area contributed by atoms with Gasteiger partial charge in [0.15, 0.2) is 0 Å². The largest absolute Gasteiger partial charge is 0.497 e. The highest BCUT2D eigenvalue weighted by atomic mass is 28.3. The average molecular weight is 371 g/mol. The van der Waals surface area contributed by atoms with Crippen molar-refractivity contribution < 1.29 is 9.66 Å². The molecule has 0 saturated carbocycles.